The maximum atomic E-state index is 5.56. The first-order valence-electron chi connectivity index (χ1n) is 4.41. The lowest BCUT2D eigenvalue weighted by atomic mass is 10.3. The van der Waals surface area contributed by atoms with Gasteiger partial charge >= 0.3 is 0 Å². The Bertz CT molecular complexity index is 242. The number of rotatable bonds is 5. The molecule has 0 atom stereocenters. The van der Waals surface area contributed by atoms with E-state index in [0.717, 1.165) is 30.9 Å². The maximum Gasteiger partial charge on any atom is 0.0479 e. The number of nitrogens with two attached hydrogens (primary N) is 1. The molecule has 1 aromatic carbocycles. The van der Waals surface area contributed by atoms with Crippen molar-refractivity contribution in [3.63, 3.8) is 0 Å². The van der Waals surface area contributed by atoms with Gasteiger partial charge in [-0.2, -0.15) is 0 Å². The third-order valence-electron chi connectivity index (χ3n) is 1.77. The van der Waals surface area contributed by atoms with Crippen LogP contribution in [0.25, 0.3) is 0 Å². The molecule has 0 spiro atoms. The molecular weight excluding hydrogens is 235 g/mol. The number of anilines is 2. The summed E-state index contributed by atoms with van der Waals surface area (Å²) in [5.41, 5.74) is 7.45. The van der Waals surface area contributed by atoms with E-state index in [0.29, 0.717) is 0 Å². The summed E-state index contributed by atoms with van der Waals surface area (Å²) in [6.45, 7) is 1.72. The highest BCUT2D eigenvalue weighted by molar-refractivity contribution is 5.85. The van der Waals surface area contributed by atoms with E-state index in [9.17, 15) is 0 Å². The summed E-state index contributed by atoms with van der Waals surface area (Å²) in [5, 5.41) is 3.27. The van der Waals surface area contributed by atoms with Crippen molar-refractivity contribution < 1.29 is 4.74 Å². The lowest BCUT2D eigenvalue weighted by molar-refractivity contribution is 0.198. The smallest absolute Gasteiger partial charge is 0.0479 e. The van der Waals surface area contributed by atoms with Crippen molar-refractivity contribution in [1.82, 2.24) is 0 Å². The van der Waals surface area contributed by atoms with E-state index < -0.39 is 0 Å². The van der Waals surface area contributed by atoms with Crippen LogP contribution in [0, 0.1) is 0 Å². The van der Waals surface area contributed by atoms with Gasteiger partial charge in [-0.3, -0.25) is 0 Å². The molecule has 3 N–H and O–H groups in total. The van der Waals surface area contributed by atoms with Crippen LogP contribution < -0.4 is 11.1 Å². The molecule has 15 heavy (non-hydrogen) atoms. The van der Waals surface area contributed by atoms with Gasteiger partial charge in [0.25, 0.3) is 0 Å². The van der Waals surface area contributed by atoms with E-state index in [4.69, 9.17) is 10.5 Å². The fraction of sp³-hybridized carbons (Fsp3) is 0.400. The summed E-state index contributed by atoms with van der Waals surface area (Å²) in [7, 11) is 1.71. The number of methoxy groups -OCH3 is 1. The highest BCUT2D eigenvalue weighted by atomic mass is 35.5. The van der Waals surface area contributed by atoms with Crippen molar-refractivity contribution in [3.8, 4) is 0 Å². The second-order valence-corrected chi connectivity index (χ2v) is 2.90. The van der Waals surface area contributed by atoms with Gasteiger partial charge in [-0.05, 0) is 30.7 Å². The molecule has 0 aliphatic heterocycles. The number of benzene rings is 1. The summed E-state index contributed by atoms with van der Waals surface area (Å²) in [6.07, 6.45) is 1.01. The van der Waals surface area contributed by atoms with Gasteiger partial charge in [0.1, 0.15) is 0 Å². The lowest BCUT2D eigenvalue weighted by Gasteiger charge is -2.05. The van der Waals surface area contributed by atoms with Crippen LogP contribution in [0.15, 0.2) is 24.3 Å². The van der Waals surface area contributed by atoms with Gasteiger partial charge in [-0.25, -0.2) is 0 Å². The maximum absolute atomic E-state index is 5.56. The molecule has 88 valence electrons. The molecule has 1 aromatic rings. The molecule has 0 saturated carbocycles. The minimum atomic E-state index is 0. The second-order valence-electron chi connectivity index (χ2n) is 2.90. The average Bonchev–Trinajstić information content (AvgIpc) is 2.15. The van der Waals surface area contributed by atoms with Crippen LogP contribution in [0.3, 0.4) is 0 Å². The van der Waals surface area contributed by atoms with E-state index in [1.165, 1.54) is 0 Å². The van der Waals surface area contributed by atoms with Gasteiger partial charge in [0.05, 0.1) is 0 Å². The normalized spacial score (nSPS) is 8.60. The Kier molecular flexibility index (Phi) is 11.1. The van der Waals surface area contributed by atoms with Gasteiger partial charge in [-0.1, -0.05) is 0 Å². The van der Waals surface area contributed by atoms with Crippen LogP contribution in [0.4, 0.5) is 11.4 Å². The van der Waals surface area contributed by atoms with Gasteiger partial charge in [-0.15, -0.1) is 24.8 Å². The first-order valence-corrected chi connectivity index (χ1v) is 4.41. The van der Waals surface area contributed by atoms with Gasteiger partial charge < -0.3 is 15.8 Å². The number of halogens is 2. The van der Waals surface area contributed by atoms with Gasteiger partial charge in [0, 0.05) is 31.6 Å². The number of hydrogen-bond donors (Lipinski definition) is 2. The molecule has 0 aliphatic rings. The zero-order valence-electron chi connectivity index (χ0n) is 8.73. The molecule has 0 fully saturated rings. The predicted octanol–water partition coefficient (Wildman–Crippen LogP) is 2.56. The first-order chi connectivity index (χ1) is 6.33. The third kappa shape index (κ3) is 7.31. The Balaban J connectivity index is 0. The Labute approximate surface area is 103 Å². The van der Waals surface area contributed by atoms with Crippen molar-refractivity contribution in [2.24, 2.45) is 0 Å². The topological polar surface area (TPSA) is 47.3 Å². The van der Waals surface area contributed by atoms with E-state index >= 15 is 0 Å². The summed E-state index contributed by atoms with van der Waals surface area (Å²) in [6, 6.07) is 7.72. The van der Waals surface area contributed by atoms with E-state index in [1.54, 1.807) is 7.11 Å². The molecule has 0 aliphatic carbocycles. The summed E-state index contributed by atoms with van der Waals surface area (Å²) >= 11 is 0. The monoisotopic (exact) mass is 252 g/mol. The second kappa shape index (κ2) is 9.90. The zero-order chi connectivity index (χ0) is 9.52. The number of hydrogen-bond acceptors (Lipinski definition) is 3. The minimum Gasteiger partial charge on any atom is -0.399 e. The summed E-state index contributed by atoms with van der Waals surface area (Å²) in [5.74, 6) is 0. The lowest BCUT2D eigenvalue weighted by Crippen LogP contribution is -2.04. The van der Waals surface area contributed by atoms with Crippen LogP contribution >= 0.6 is 24.8 Å². The number of ether oxygens (including phenoxy) is 1. The molecule has 3 nitrogen and oxygen atoms in total. The Morgan fingerprint density at radius 1 is 1.20 bits per heavy atom. The van der Waals surface area contributed by atoms with E-state index in [-0.39, 0.29) is 24.8 Å². The molecular formula is C10H18Cl2N2O. The Morgan fingerprint density at radius 2 is 1.80 bits per heavy atom. The van der Waals surface area contributed by atoms with Gasteiger partial charge in [0.2, 0.25) is 0 Å². The minimum absolute atomic E-state index is 0. The predicted molar refractivity (Wildman–Crippen MR) is 70.3 cm³/mol. The van der Waals surface area contributed by atoms with Crippen LogP contribution in [-0.2, 0) is 4.74 Å². The Morgan fingerprint density at radius 3 is 2.33 bits per heavy atom. The average molecular weight is 253 g/mol. The zero-order valence-corrected chi connectivity index (χ0v) is 10.4. The molecule has 0 saturated heterocycles. The van der Waals surface area contributed by atoms with E-state index in [1.807, 2.05) is 24.3 Å². The van der Waals surface area contributed by atoms with Crippen LogP contribution in [0.2, 0.25) is 0 Å². The number of nitrogens with one attached hydrogen (secondary N) is 1. The van der Waals surface area contributed by atoms with Crippen molar-refractivity contribution in [1.29, 1.82) is 0 Å². The fourth-order valence-corrected chi connectivity index (χ4v) is 1.05. The molecule has 0 amide bonds. The largest absolute Gasteiger partial charge is 0.399 e. The number of nitrogen functional groups attached to an aromatic ring is 1. The quantitative estimate of drug-likeness (QED) is 0.626. The third-order valence-corrected chi connectivity index (χ3v) is 1.77. The van der Waals surface area contributed by atoms with Crippen molar-refractivity contribution in [2.45, 2.75) is 6.42 Å². The van der Waals surface area contributed by atoms with Crippen molar-refractivity contribution in [2.75, 3.05) is 31.3 Å². The van der Waals surface area contributed by atoms with Crippen molar-refractivity contribution >= 4 is 36.2 Å². The fourth-order valence-electron chi connectivity index (χ4n) is 1.05. The van der Waals surface area contributed by atoms with Crippen LogP contribution in [0.1, 0.15) is 6.42 Å². The Hall–Kier alpha value is -0.640. The molecule has 5 heteroatoms. The standard InChI is InChI=1S/C10H16N2O.2ClH/c1-13-8-2-7-12-10-5-3-9(11)4-6-10;;/h3-6,12H,2,7-8,11H2,1H3;2*1H. The van der Waals surface area contributed by atoms with E-state index in [2.05, 4.69) is 5.32 Å². The highest BCUT2D eigenvalue weighted by Gasteiger charge is 1.90. The molecule has 1 rings (SSSR count). The van der Waals surface area contributed by atoms with Crippen LogP contribution in [0.5, 0.6) is 0 Å². The first kappa shape index (κ1) is 16.8. The van der Waals surface area contributed by atoms with Gasteiger partial charge in [0.15, 0.2) is 0 Å². The summed E-state index contributed by atoms with van der Waals surface area (Å²) in [4.78, 5) is 0. The van der Waals surface area contributed by atoms with Crippen molar-refractivity contribution in [3.05, 3.63) is 24.3 Å². The molecule has 0 aromatic heterocycles. The highest BCUT2D eigenvalue weighted by Crippen LogP contribution is 2.09. The molecule has 0 bridgehead atoms. The SMILES string of the molecule is COCCCNc1ccc(N)cc1.Cl.Cl. The molecule has 0 unspecified atom stereocenters. The molecule has 0 radical (unpaired) electrons. The summed E-state index contributed by atoms with van der Waals surface area (Å²) < 4.78 is 4.94. The van der Waals surface area contributed by atoms with Crippen LogP contribution in [-0.4, -0.2) is 20.3 Å². The molecule has 0 heterocycles.